The summed E-state index contributed by atoms with van der Waals surface area (Å²) >= 11 is 0. The molecule has 0 saturated carbocycles. The minimum Gasteiger partial charge on any atom is -0.497 e. The minimum atomic E-state index is -0.190. The van der Waals surface area contributed by atoms with E-state index in [1.54, 1.807) is 25.3 Å². The van der Waals surface area contributed by atoms with Crippen LogP contribution in [0.3, 0.4) is 0 Å². The number of carbonyl (C=O) groups excluding carboxylic acids is 1. The van der Waals surface area contributed by atoms with Gasteiger partial charge in [-0.1, -0.05) is 6.92 Å². The van der Waals surface area contributed by atoms with Crippen LogP contribution in [0.4, 0.5) is 0 Å². The normalized spacial score (nSPS) is 11.8. The Morgan fingerprint density at radius 2 is 2.11 bits per heavy atom. The van der Waals surface area contributed by atoms with E-state index in [0.717, 1.165) is 0 Å². The van der Waals surface area contributed by atoms with Crippen LogP contribution in [0.5, 0.6) is 11.5 Å². The fraction of sp³-hybridized carbons (Fsp3) is 0.500. The molecule has 0 aliphatic rings. The van der Waals surface area contributed by atoms with Crippen molar-refractivity contribution in [1.82, 2.24) is 5.32 Å². The van der Waals surface area contributed by atoms with Crippen molar-refractivity contribution >= 4 is 5.91 Å². The van der Waals surface area contributed by atoms with Crippen molar-refractivity contribution in [3.05, 3.63) is 23.8 Å². The van der Waals surface area contributed by atoms with Crippen LogP contribution in [-0.2, 0) is 0 Å². The molecule has 0 aliphatic carbocycles. The van der Waals surface area contributed by atoms with Gasteiger partial charge in [0.05, 0.1) is 19.8 Å². The van der Waals surface area contributed by atoms with E-state index in [4.69, 9.17) is 14.6 Å². The largest absolute Gasteiger partial charge is 0.497 e. The zero-order chi connectivity index (χ0) is 14.3. The Morgan fingerprint density at radius 1 is 1.37 bits per heavy atom. The van der Waals surface area contributed by atoms with Crippen LogP contribution in [0.1, 0.15) is 23.7 Å². The standard InChI is InChI=1S/C14H21NO4/c1-10(6-7-16)9-15-14(17)12-5-4-11(18-2)8-13(12)19-3/h4-5,8,10,16H,6-7,9H2,1-3H3,(H,15,17). The Morgan fingerprint density at radius 3 is 2.68 bits per heavy atom. The molecule has 0 saturated heterocycles. The molecule has 19 heavy (non-hydrogen) atoms. The lowest BCUT2D eigenvalue weighted by Gasteiger charge is -2.13. The molecular weight excluding hydrogens is 246 g/mol. The summed E-state index contributed by atoms with van der Waals surface area (Å²) in [5.41, 5.74) is 0.472. The Labute approximate surface area is 113 Å². The summed E-state index contributed by atoms with van der Waals surface area (Å²) < 4.78 is 10.3. The van der Waals surface area contributed by atoms with Crippen molar-refractivity contribution in [3.63, 3.8) is 0 Å². The third kappa shape index (κ3) is 4.44. The fourth-order valence-electron chi connectivity index (χ4n) is 1.67. The fourth-order valence-corrected chi connectivity index (χ4v) is 1.67. The number of aliphatic hydroxyl groups is 1. The maximum atomic E-state index is 12.0. The molecule has 0 aliphatic heterocycles. The molecule has 1 rings (SSSR count). The van der Waals surface area contributed by atoms with Gasteiger partial charge in [-0.25, -0.2) is 0 Å². The summed E-state index contributed by atoms with van der Waals surface area (Å²) in [7, 11) is 3.07. The Kier molecular flexibility index (Phi) is 6.15. The Bertz CT molecular complexity index is 420. The summed E-state index contributed by atoms with van der Waals surface area (Å²) in [5.74, 6) is 1.16. The number of carbonyl (C=O) groups is 1. The molecule has 1 amide bonds. The second kappa shape index (κ2) is 7.63. The van der Waals surface area contributed by atoms with E-state index < -0.39 is 0 Å². The van der Waals surface area contributed by atoms with E-state index in [1.807, 2.05) is 6.92 Å². The second-order valence-electron chi connectivity index (χ2n) is 4.39. The van der Waals surface area contributed by atoms with Crippen LogP contribution in [-0.4, -0.2) is 38.4 Å². The zero-order valence-electron chi connectivity index (χ0n) is 11.6. The summed E-state index contributed by atoms with van der Waals surface area (Å²) in [6, 6.07) is 5.06. The first-order valence-corrected chi connectivity index (χ1v) is 6.23. The SMILES string of the molecule is COc1ccc(C(=O)NCC(C)CCO)c(OC)c1. The molecular formula is C14H21NO4. The molecule has 1 atom stereocenters. The first-order chi connectivity index (χ1) is 9.12. The average Bonchev–Trinajstić information content (AvgIpc) is 2.44. The van der Waals surface area contributed by atoms with Gasteiger partial charge >= 0.3 is 0 Å². The third-order valence-corrected chi connectivity index (χ3v) is 2.89. The Hall–Kier alpha value is -1.75. The first-order valence-electron chi connectivity index (χ1n) is 6.23. The van der Waals surface area contributed by atoms with Crippen LogP contribution in [0, 0.1) is 5.92 Å². The topological polar surface area (TPSA) is 67.8 Å². The van der Waals surface area contributed by atoms with Crippen LogP contribution in [0.2, 0.25) is 0 Å². The van der Waals surface area contributed by atoms with Crippen LogP contribution < -0.4 is 14.8 Å². The highest BCUT2D eigenvalue weighted by molar-refractivity contribution is 5.97. The highest BCUT2D eigenvalue weighted by Gasteiger charge is 2.13. The average molecular weight is 267 g/mol. The van der Waals surface area contributed by atoms with Crippen molar-refractivity contribution in [1.29, 1.82) is 0 Å². The summed E-state index contributed by atoms with van der Waals surface area (Å²) in [6.45, 7) is 2.62. The maximum absolute atomic E-state index is 12.0. The molecule has 0 fully saturated rings. The van der Waals surface area contributed by atoms with Gasteiger partial charge in [-0.05, 0) is 24.5 Å². The molecule has 0 aromatic heterocycles. The van der Waals surface area contributed by atoms with Gasteiger partial charge in [0, 0.05) is 19.2 Å². The van der Waals surface area contributed by atoms with Gasteiger partial charge < -0.3 is 19.9 Å². The molecule has 5 heteroatoms. The number of aliphatic hydroxyl groups excluding tert-OH is 1. The maximum Gasteiger partial charge on any atom is 0.255 e. The lowest BCUT2D eigenvalue weighted by atomic mass is 10.1. The highest BCUT2D eigenvalue weighted by Crippen LogP contribution is 2.24. The van der Waals surface area contributed by atoms with E-state index in [9.17, 15) is 4.79 Å². The molecule has 2 N–H and O–H groups in total. The number of hydrogen-bond acceptors (Lipinski definition) is 4. The predicted octanol–water partition coefficient (Wildman–Crippen LogP) is 1.45. The lowest BCUT2D eigenvalue weighted by molar-refractivity contribution is 0.0942. The number of amides is 1. The van der Waals surface area contributed by atoms with Crippen LogP contribution in [0.25, 0.3) is 0 Å². The van der Waals surface area contributed by atoms with E-state index in [2.05, 4.69) is 5.32 Å². The molecule has 1 aromatic rings. The van der Waals surface area contributed by atoms with E-state index in [-0.39, 0.29) is 18.4 Å². The molecule has 106 valence electrons. The number of benzene rings is 1. The number of hydrogen-bond donors (Lipinski definition) is 2. The molecule has 1 aromatic carbocycles. The van der Waals surface area contributed by atoms with Gasteiger partial charge in [0.2, 0.25) is 0 Å². The second-order valence-corrected chi connectivity index (χ2v) is 4.39. The van der Waals surface area contributed by atoms with Crippen molar-refractivity contribution < 1.29 is 19.4 Å². The van der Waals surface area contributed by atoms with Crippen molar-refractivity contribution in [2.45, 2.75) is 13.3 Å². The van der Waals surface area contributed by atoms with E-state index in [1.165, 1.54) is 7.11 Å². The van der Waals surface area contributed by atoms with E-state index >= 15 is 0 Å². The van der Waals surface area contributed by atoms with Gasteiger partial charge in [0.15, 0.2) is 0 Å². The summed E-state index contributed by atoms with van der Waals surface area (Å²) in [6.07, 6.45) is 0.667. The predicted molar refractivity (Wildman–Crippen MR) is 72.7 cm³/mol. The van der Waals surface area contributed by atoms with Gasteiger partial charge in [0.25, 0.3) is 5.91 Å². The van der Waals surface area contributed by atoms with Gasteiger partial charge in [-0.3, -0.25) is 4.79 Å². The smallest absolute Gasteiger partial charge is 0.255 e. The molecule has 0 heterocycles. The number of methoxy groups -OCH3 is 2. The van der Waals surface area contributed by atoms with Crippen LogP contribution in [0.15, 0.2) is 18.2 Å². The Balaban J connectivity index is 2.71. The number of nitrogens with one attached hydrogen (secondary N) is 1. The quantitative estimate of drug-likeness (QED) is 0.784. The summed E-state index contributed by atoms with van der Waals surface area (Å²) in [5, 5.41) is 11.6. The van der Waals surface area contributed by atoms with Crippen molar-refractivity contribution in [3.8, 4) is 11.5 Å². The highest BCUT2D eigenvalue weighted by atomic mass is 16.5. The molecule has 0 spiro atoms. The first kappa shape index (κ1) is 15.3. The van der Waals surface area contributed by atoms with Crippen molar-refractivity contribution in [2.75, 3.05) is 27.4 Å². The minimum absolute atomic E-state index is 0.128. The molecule has 5 nitrogen and oxygen atoms in total. The summed E-state index contributed by atoms with van der Waals surface area (Å²) in [4.78, 5) is 12.0. The zero-order valence-corrected chi connectivity index (χ0v) is 11.6. The molecule has 1 unspecified atom stereocenters. The number of ether oxygens (including phenoxy) is 2. The third-order valence-electron chi connectivity index (χ3n) is 2.89. The van der Waals surface area contributed by atoms with Crippen molar-refractivity contribution in [2.24, 2.45) is 5.92 Å². The number of rotatable bonds is 7. The molecule has 0 bridgehead atoms. The van der Waals surface area contributed by atoms with Gasteiger partial charge in [-0.15, -0.1) is 0 Å². The lowest BCUT2D eigenvalue weighted by Crippen LogP contribution is -2.29. The van der Waals surface area contributed by atoms with E-state index in [0.29, 0.717) is 30.0 Å². The van der Waals surface area contributed by atoms with Crippen LogP contribution >= 0.6 is 0 Å². The van der Waals surface area contributed by atoms with Gasteiger partial charge in [0.1, 0.15) is 11.5 Å². The molecule has 0 radical (unpaired) electrons. The monoisotopic (exact) mass is 267 g/mol. The van der Waals surface area contributed by atoms with Gasteiger partial charge in [-0.2, -0.15) is 0 Å².